The third kappa shape index (κ3) is 4.13. The number of hydrogen-bond donors (Lipinski definition) is 1. The number of rotatable bonds is 4. The lowest BCUT2D eigenvalue weighted by Crippen LogP contribution is -2.14. The third-order valence-electron chi connectivity index (χ3n) is 3.71. The van der Waals surface area contributed by atoms with Gasteiger partial charge in [0.05, 0.1) is 6.10 Å². The van der Waals surface area contributed by atoms with Gasteiger partial charge in [-0.25, -0.2) is 0 Å². The van der Waals surface area contributed by atoms with Gasteiger partial charge in [0.15, 0.2) is 0 Å². The van der Waals surface area contributed by atoms with Gasteiger partial charge in [0, 0.05) is 0 Å². The minimum atomic E-state index is -0.142. The topological polar surface area (TPSA) is 20.2 Å². The molecule has 0 saturated carbocycles. The summed E-state index contributed by atoms with van der Waals surface area (Å²) < 4.78 is 0. The van der Waals surface area contributed by atoms with Crippen molar-refractivity contribution in [3.63, 3.8) is 0 Å². The second-order valence-corrected chi connectivity index (χ2v) is 5.49. The van der Waals surface area contributed by atoms with Crippen LogP contribution in [0, 0.1) is 5.92 Å². The van der Waals surface area contributed by atoms with Crippen LogP contribution in [-0.4, -0.2) is 11.2 Å². The molecule has 1 rings (SSSR count). The minimum Gasteiger partial charge on any atom is -0.393 e. The molecule has 16 heavy (non-hydrogen) atoms. The molecule has 92 valence electrons. The van der Waals surface area contributed by atoms with E-state index in [2.05, 4.69) is 33.8 Å². The first-order valence-corrected chi connectivity index (χ1v) is 6.52. The summed E-state index contributed by atoms with van der Waals surface area (Å²) in [5, 5.41) is 9.78. The van der Waals surface area contributed by atoms with Crippen molar-refractivity contribution in [3.8, 4) is 0 Å². The maximum absolute atomic E-state index is 9.78. The first-order valence-electron chi connectivity index (χ1n) is 6.52. The normalized spacial score (nSPS) is 22.0. The molecule has 0 radical (unpaired) electrons. The molecule has 0 bridgehead atoms. The third-order valence-corrected chi connectivity index (χ3v) is 3.71. The summed E-state index contributed by atoms with van der Waals surface area (Å²) in [7, 11) is 0. The maximum atomic E-state index is 9.78. The van der Waals surface area contributed by atoms with Crippen molar-refractivity contribution in [1.29, 1.82) is 0 Å². The van der Waals surface area contributed by atoms with Crippen LogP contribution in [-0.2, 0) is 0 Å². The molecule has 0 amide bonds. The highest BCUT2D eigenvalue weighted by Gasteiger charge is 2.11. The Kier molecular flexibility index (Phi) is 5.27. The van der Waals surface area contributed by atoms with E-state index in [1.807, 2.05) is 0 Å². The zero-order valence-corrected chi connectivity index (χ0v) is 11.2. The average molecular weight is 222 g/mol. The van der Waals surface area contributed by atoms with E-state index in [0.29, 0.717) is 5.92 Å². The second-order valence-electron chi connectivity index (χ2n) is 5.49. The number of aliphatic hydroxyl groups is 1. The van der Waals surface area contributed by atoms with Crippen molar-refractivity contribution in [3.05, 3.63) is 22.8 Å². The maximum Gasteiger partial charge on any atom is 0.0566 e. The van der Waals surface area contributed by atoms with Gasteiger partial charge in [-0.3, -0.25) is 0 Å². The molecule has 1 N–H and O–H groups in total. The van der Waals surface area contributed by atoms with E-state index in [9.17, 15) is 5.11 Å². The SMILES string of the molecule is CC1=CC/C(=C(\C)CCC(O)C(C)C)CC1. The summed E-state index contributed by atoms with van der Waals surface area (Å²) in [6.07, 6.45) is 7.76. The van der Waals surface area contributed by atoms with Gasteiger partial charge in [0.25, 0.3) is 0 Å². The molecular formula is C15H26O. The lowest BCUT2D eigenvalue weighted by Gasteiger charge is -2.18. The van der Waals surface area contributed by atoms with E-state index >= 15 is 0 Å². The quantitative estimate of drug-likeness (QED) is 0.706. The first-order chi connectivity index (χ1) is 7.50. The molecule has 1 aliphatic carbocycles. The highest BCUT2D eigenvalue weighted by Crippen LogP contribution is 2.27. The van der Waals surface area contributed by atoms with Crippen molar-refractivity contribution in [2.45, 2.75) is 65.9 Å². The van der Waals surface area contributed by atoms with Gasteiger partial charge in [-0.2, -0.15) is 0 Å². The lowest BCUT2D eigenvalue weighted by atomic mass is 9.89. The van der Waals surface area contributed by atoms with Crippen molar-refractivity contribution in [2.75, 3.05) is 0 Å². The Morgan fingerprint density at radius 1 is 1.38 bits per heavy atom. The summed E-state index contributed by atoms with van der Waals surface area (Å²) in [5.41, 5.74) is 4.63. The molecule has 0 spiro atoms. The van der Waals surface area contributed by atoms with E-state index in [1.165, 1.54) is 24.0 Å². The summed E-state index contributed by atoms with van der Waals surface area (Å²) in [4.78, 5) is 0. The zero-order valence-electron chi connectivity index (χ0n) is 11.2. The molecule has 1 atom stereocenters. The first kappa shape index (κ1) is 13.5. The molecule has 0 saturated heterocycles. The summed E-state index contributed by atoms with van der Waals surface area (Å²) in [6.45, 7) is 8.62. The molecular weight excluding hydrogens is 196 g/mol. The molecule has 1 aliphatic rings. The van der Waals surface area contributed by atoms with Crippen LogP contribution in [0.5, 0.6) is 0 Å². The molecule has 0 aromatic rings. The molecule has 1 nitrogen and oxygen atoms in total. The van der Waals surface area contributed by atoms with Crippen molar-refractivity contribution in [2.24, 2.45) is 5.92 Å². The smallest absolute Gasteiger partial charge is 0.0566 e. The van der Waals surface area contributed by atoms with Gasteiger partial charge in [0.1, 0.15) is 0 Å². The standard InChI is InChI=1S/C15H26O/c1-11(2)15(16)10-7-13(4)14-8-5-12(3)6-9-14/h5,11,15-16H,6-10H2,1-4H3/b14-13-. The Labute approximate surface area is 100 Å². The fourth-order valence-corrected chi connectivity index (χ4v) is 2.11. The summed E-state index contributed by atoms with van der Waals surface area (Å²) >= 11 is 0. The van der Waals surface area contributed by atoms with Crippen LogP contribution in [0.1, 0.15) is 59.8 Å². The summed E-state index contributed by atoms with van der Waals surface area (Å²) in [6, 6.07) is 0. The average Bonchev–Trinajstić information content (AvgIpc) is 2.26. The predicted octanol–water partition coefficient (Wildman–Crippen LogP) is 4.23. The molecule has 1 unspecified atom stereocenters. The molecule has 0 aromatic carbocycles. The van der Waals surface area contributed by atoms with Crippen LogP contribution >= 0.6 is 0 Å². The van der Waals surface area contributed by atoms with Gasteiger partial charge in [-0.1, -0.05) is 36.6 Å². The Morgan fingerprint density at radius 3 is 2.56 bits per heavy atom. The highest BCUT2D eigenvalue weighted by molar-refractivity contribution is 5.22. The Hall–Kier alpha value is -0.560. The largest absolute Gasteiger partial charge is 0.393 e. The van der Waals surface area contributed by atoms with Crippen molar-refractivity contribution >= 4 is 0 Å². The van der Waals surface area contributed by atoms with E-state index < -0.39 is 0 Å². The van der Waals surface area contributed by atoms with Crippen molar-refractivity contribution in [1.82, 2.24) is 0 Å². The van der Waals surface area contributed by atoms with Crippen LogP contribution in [0.2, 0.25) is 0 Å². The Bertz CT molecular complexity index is 284. The number of hydrogen-bond acceptors (Lipinski definition) is 1. The molecule has 0 aromatic heterocycles. The fourth-order valence-electron chi connectivity index (χ4n) is 2.11. The van der Waals surface area contributed by atoms with E-state index in [4.69, 9.17) is 0 Å². The molecule has 0 fully saturated rings. The number of allylic oxidation sites excluding steroid dienone is 4. The minimum absolute atomic E-state index is 0.142. The van der Waals surface area contributed by atoms with E-state index in [1.54, 1.807) is 5.57 Å². The van der Waals surface area contributed by atoms with Crippen LogP contribution in [0.3, 0.4) is 0 Å². The number of aliphatic hydroxyl groups excluding tert-OH is 1. The monoisotopic (exact) mass is 222 g/mol. The van der Waals surface area contributed by atoms with Crippen LogP contribution in [0.25, 0.3) is 0 Å². The van der Waals surface area contributed by atoms with Gasteiger partial charge in [0.2, 0.25) is 0 Å². The Morgan fingerprint density at radius 2 is 2.06 bits per heavy atom. The van der Waals surface area contributed by atoms with Crippen molar-refractivity contribution < 1.29 is 5.11 Å². The van der Waals surface area contributed by atoms with Crippen LogP contribution < -0.4 is 0 Å². The van der Waals surface area contributed by atoms with Gasteiger partial charge in [-0.15, -0.1) is 0 Å². The van der Waals surface area contributed by atoms with Gasteiger partial charge in [-0.05, 0) is 51.9 Å². The summed E-state index contributed by atoms with van der Waals surface area (Å²) in [5.74, 6) is 0.381. The lowest BCUT2D eigenvalue weighted by molar-refractivity contribution is 0.116. The molecule has 0 aliphatic heterocycles. The molecule has 0 heterocycles. The van der Waals surface area contributed by atoms with Crippen LogP contribution in [0.15, 0.2) is 22.8 Å². The van der Waals surface area contributed by atoms with Gasteiger partial charge >= 0.3 is 0 Å². The highest BCUT2D eigenvalue weighted by atomic mass is 16.3. The zero-order chi connectivity index (χ0) is 12.1. The second kappa shape index (κ2) is 6.24. The molecule has 1 heteroatoms. The van der Waals surface area contributed by atoms with E-state index in [-0.39, 0.29) is 6.10 Å². The fraction of sp³-hybridized carbons (Fsp3) is 0.733. The van der Waals surface area contributed by atoms with Crippen LogP contribution in [0.4, 0.5) is 0 Å². The van der Waals surface area contributed by atoms with Gasteiger partial charge < -0.3 is 5.11 Å². The van der Waals surface area contributed by atoms with E-state index in [0.717, 1.165) is 19.3 Å². The Balaban J connectivity index is 2.45. The predicted molar refractivity (Wildman–Crippen MR) is 70.4 cm³/mol.